The molecule has 43 heavy (non-hydrogen) atoms. The van der Waals surface area contributed by atoms with Crippen LogP contribution in [0.25, 0.3) is 0 Å². The summed E-state index contributed by atoms with van der Waals surface area (Å²) in [5.41, 5.74) is 2.32. The van der Waals surface area contributed by atoms with E-state index in [0.29, 0.717) is 10.8 Å². The highest BCUT2D eigenvalue weighted by molar-refractivity contribution is 7.89. The molecule has 0 spiro atoms. The van der Waals surface area contributed by atoms with Crippen LogP contribution in [-0.4, -0.2) is 59.7 Å². The van der Waals surface area contributed by atoms with Gasteiger partial charge in [0.15, 0.2) is 5.13 Å². The summed E-state index contributed by atoms with van der Waals surface area (Å²) in [7, 11) is -4.30. The van der Waals surface area contributed by atoms with E-state index in [4.69, 9.17) is 0 Å². The number of alkyl halides is 3. The lowest BCUT2D eigenvalue weighted by molar-refractivity contribution is -0.274. The second-order valence-electron chi connectivity index (χ2n) is 10.0. The van der Waals surface area contributed by atoms with Crippen LogP contribution in [0.5, 0.6) is 5.75 Å². The van der Waals surface area contributed by atoms with Gasteiger partial charge in [-0.3, -0.25) is 4.79 Å². The first-order chi connectivity index (χ1) is 20.3. The first kappa shape index (κ1) is 32.2. The second-order valence-corrected chi connectivity index (χ2v) is 12.9. The molecule has 3 N–H and O–H groups in total. The van der Waals surface area contributed by atoms with E-state index in [-0.39, 0.29) is 35.7 Å². The molecular weight excluding hydrogens is 609 g/mol. The number of benzene rings is 2. The van der Waals surface area contributed by atoms with Gasteiger partial charge in [-0.25, -0.2) is 18.2 Å². The van der Waals surface area contributed by atoms with Crippen molar-refractivity contribution in [1.29, 1.82) is 0 Å². The zero-order chi connectivity index (χ0) is 31.4. The van der Waals surface area contributed by atoms with Gasteiger partial charge in [0.05, 0.1) is 10.6 Å². The number of carbonyl (C=O) groups excluding carboxylic acids is 1. The van der Waals surface area contributed by atoms with Gasteiger partial charge in [0.1, 0.15) is 16.7 Å². The Hall–Kier alpha value is -3.69. The molecule has 0 radical (unpaired) electrons. The average molecular weight is 641 g/mol. The van der Waals surface area contributed by atoms with Gasteiger partial charge >= 0.3 is 12.3 Å². The number of carbonyl (C=O) groups is 2. The molecule has 1 aromatic heterocycles. The van der Waals surface area contributed by atoms with Crippen LogP contribution in [0.3, 0.4) is 0 Å². The standard InChI is InChI=1S/C28H31F3N4O6S2/c1-3-4-18-5-7-19(8-6-18)16-32-25(36)23-15-20(34-27-33-17(2)24(42-27)26(37)38)13-14-35(23)43(39,40)22-11-9-21(10-12-22)41-28(29,30)31/h5-12,20,23H,3-4,13-16H2,1-2H3,(H,32,36)(H,33,34)(H,37,38)/t20-,23-/m1/s1. The number of hydrogen-bond acceptors (Lipinski definition) is 8. The van der Waals surface area contributed by atoms with Gasteiger partial charge in [0.2, 0.25) is 15.9 Å². The average Bonchev–Trinajstić information content (AvgIpc) is 3.32. The highest BCUT2D eigenvalue weighted by atomic mass is 32.2. The molecule has 232 valence electrons. The predicted molar refractivity (Wildman–Crippen MR) is 154 cm³/mol. The number of ether oxygens (including phenoxy) is 1. The largest absolute Gasteiger partial charge is 0.573 e. The number of aromatic nitrogens is 1. The number of aromatic carboxylic acids is 1. The number of amides is 1. The zero-order valence-electron chi connectivity index (χ0n) is 23.3. The fourth-order valence-corrected chi connectivity index (χ4v) is 7.30. The number of sulfonamides is 1. The van der Waals surface area contributed by atoms with E-state index >= 15 is 0 Å². The van der Waals surface area contributed by atoms with Crippen LogP contribution in [0.1, 0.15) is 52.7 Å². The third-order valence-corrected chi connectivity index (χ3v) is 9.87. The Bertz CT molecular complexity index is 1540. The molecule has 4 rings (SSSR count). The van der Waals surface area contributed by atoms with E-state index in [0.717, 1.165) is 63.9 Å². The van der Waals surface area contributed by atoms with Crippen molar-refractivity contribution in [2.75, 3.05) is 11.9 Å². The normalized spacial score (nSPS) is 17.8. The monoisotopic (exact) mass is 640 g/mol. The van der Waals surface area contributed by atoms with E-state index in [9.17, 15) is 36.3 Å². The van der Waals surface area contributed by atoms with Crippen molar-refractivity contribution in [2.45, 2.75) is 69.4 Å². The van der Waals surface area contributed by atoms with E-state index in [2.05, 4.69) is 27.3 Å². The fourth-order valence-electron chi connectivity index (χ4n) is 4.80. The minimum atomic E-state index is -4.93. The number of nitrogens with one attached hydrogen (secondary N) is 2. The molecule has 1 aliphatic heterocycles. The molecule has 15 heteroatoms. The molecule has 0 bridgehead atoms. The Morgan fingerprint density at radius 2 is 1.77 bits per heavy atom. The molecular formula is C28H31F3N4O6S2. The maximum atomic E-state index is 13.6. The van der Waals surface area contributed by atoms with Crippen LogP contribution in [0, 0.1) is 6.92 Å². The first-order valence-corrected chi connectivity index (χ1v) is 15.7. The van der Waals surface area contributed by atoms with Crippen molar-refractivity contribution in [1.82, 2.24) is 14.6 Å². The van der Waals surface area contributed by atoms with Crippen LogP contribution >= 0.6 is 11.3 Å². The van der Waals surface area contributed by atoms with Gasteiger partial charge in [0, 0.05) is 19.1 Å². The minimum absolute atomic E-state index is 0.0385. The Labute approximate surface area is 250 Å². The van der Waals surface area contributed by atoms with Crippen LogP contribution in [-0.2, 0) is 27.8 Å². The highest BCUT2D eigenvalue weighted by Gasteiger charge is 2.41. The van der Waals surface area contributed by atoms with E-state index in [1.807, 2.05) is 24.3 Å². The van der Waals surface area contributed by atoms with Crippen LogP contribution in [0.2, 0.25) is 0 Å². The van der Waals surface area contributed by atoms with E-state index < -0.39 is 46.1 Å². The summed E-state index contributed by atoms with van der Waals surface area (Å²) in [5.74, 6) is -2.24. The van der Waals surface area contributed by atoms with Crippen molar-refractivity contribution in [3.8, 4) is 5.75 Å². The van der Waals surface area contributed by atoms with Crippen LogP contribution in [0.4, 0.5) is 18.3 Å². The van der Waals surface area contributed by atoms with Gasteiger partial charge in [-0.2, -0.15) is 4.31 Å². The molecule has 1 saturated heterocycles. The number of rotatable bonds is 11. The van der Waals surface area contributed by atoms with Crippen molar-refractivity contribution in [2.24, 2.45) is 0 Å². The lowest BCUT2D eigenvalue weighted by Gasteiger charge is -2.37. The molecule has 2 atom stereocenters. The van der Waals surface area contributed by atoms with Crippen molar-refractivity contribution in [3.05, 3.63) is 70.2 Å². The lowest BCUT2D eigenvalue weighted by atomic mass is 9.98. The number of aryl methyl sites for hydroxylation is 2. The molecule has 1 aliphatic rings. The molecule has 10 nitrogen and oxygen atoms in total. The quantitative estimate of drug-likeness (QED) is 0.268. The topological polar surface area (TPSA) is 138 Å². The summed E-state index contributed by atoms with van der Waals surface area (Å²) in [6.45, 7) is 3.72. The summed E-state index contributed by atoms with van der Waals surface area (Å²) in [6, 6.07) is 9.94. The number of thiazole rings is 1. The molecule has 1 fully saturated rings. The molecule has 0 aliphatic carbocycles. The number of halogens is 3. The maximum absolute atomic E-state index is 13.6. The fraction of sp³-hybridized carbons (Fsp3) is 0.393. The van der Waals surface area contributed by atoms with Crippen LogP contribution in [0.15, 0.2) is 53.4 Å². The van der Waals surface area contributed by atoms with Gasteiger partial charge < -0.3 is 20.5 Å². The summed E-state index contributed by atoms with van der Waals surface area (Å²) in [5, 5.41) is 15.6. The van der Waals surface area contributed by atoms with Gasteiger partial charge in [-0.05, 0) is 61.6 Å². The number of carboxylic acids is 1. The number of anilines is 1. The Kier molecular flexibility index (Phi) is 9.97. The van der Waals surface area contributed by atoms with Gasteiger partial charge in [-0.1, -0.05) is 48.9 Å². The van der Waals surface area contributed by atoms with Crippen molar-refractivity contribution in [3.63, 3.8) is 0 Å². The summed E-state index contributed by atoms with van der Waals surface area (Å²) >= 11 is 0.945. The van der Waals surface area contributed by atoms with E-state index in [1.165, 1.54) is 0 Å². The number of hydrogen-bond donors (Lipinski definition) is 3. The SMILES string of the molecule is CCCc1ccc(CNC(=O)[C@H]2C[C@H](Nc3nc(C)c(C(=O)O)s3)CCN2S(=O)(=O)c2ccc(OC(F)(F)F)cc2)cc1. The number of piperidine rings is 1. The first-order valence-electron chi connectivity index (χ1n) is 13.5. The summed E-state index contributed by atoms with van der Waals surface area (Å²) in [6.07, 6.45) is -2.72. The predicted octanol–water partition coefficient (Wildman–Crippen LogP) is 4.95. The molecule has 1 amide bonds. The molecule has 2 heterocycles. The van der Waals surface area contributed by atoms with Crippen molar-refractivity contribution >= 4 is 38.4 Å². The summed E-state index contributed by atoms with van der Waals surface area (Å²) < 4.78 is 69.9. The molecule has 2 aromatic carbocycles. The van der Waals surface area contributed by atoms with Gasteiger partial charge in [0.25, 0.3) is 0 Å². The Morgan fingerprint density at radius 1 is 1.12 bits per heavy atom. The maximum Gasteiger partial charge on any atom is 0.573 e. The smallest absolute Gasteiger partial charge is 0.477 e. The molecule has 0 saturated carbocycles. The second kappa shape index (κ2) is 13.3. The number of carboxylic acid groups (broad SMARTS) is 1. The number of nitrogens with zero attached hydrogens (tertiary/aromatic N) is 2. The lowest BCUT2D eigenvalue weighted by Crippen LogP contribution is -2.55. The third-order valence-electron chi connectivity index (χ3n) is 6.87. The Morgan fingerprint density at radius 3 is 2.35 bits per heavy atom. The zero-order valence-corrected chi connectivity index (χ0v) is 25.0. The minimum Gasteiger partial charge on any atom is -0.477 e. The highest BCUT2D eigenvalue weighted by Crippen LogP contribution is 2.31. The van der Waals surface area contributed by atoms with Crippen molar-refractivity contribution < 1.29 is 41.0 Å². The third kappa shape index (κ3) is 8.24. The van der Waals surface area contributed by atoms with E-state index in [1.54, 1.807) is 6.92 Å². The van der Waals surface area contributed by atoms with Gasteiger partial charge in [-0.15, -0.1) is 13.2 Å². The molecule has 0 unspecified atom stereocenters. The summed E-state index contributed by atoms with van der Waals surface area (Å²) in [4.78, 5) is 29.0. The van der Waals surface area contributed by atoms with Crippen LogP contribution < -0.4 is 15.4 Å². The molecule has 3 aromatic rings. The Balaban J connectivity index is 1.55.